The summed E-state index contributed by atoms with van der Waals surface area (Å²) in [7, 11) is 1.37. The number of esters is 1. The Kier molecular flexibility index (Phi) is 7.29. The van der Waals surface area contributed by atoms with Crippen molar-refractivity contribution in [2.24, 2.45) is 5.92 Å². The van der Waals surface area contributed by atoms with Gasteiger partial charge in [0.15, 0.2) is 0 Å². The SMILES string of the molecule is COC(=O)[C@H](C(O)c1ccccc1)[C@@H](Cc1ccccc1)Sc1ccccc1. The first-order valence-corrected chi connectivity index (χ1v) is 10.1. The van der Waals surface area contributed by atoms with Gasteiger partial charge in [0, 0.05) is 10.1 Å². The highest BCUT2D eigenvalue weighted by atomic mass is 32.2. The molecule has 0 radical (unpaired) electrons. The van der Waals surface area contributed by atoms with E-state index in [0.29, 0.717) is 12.0 Å². The summed E-state index contributed by atoms with van der Waals surface area (Å²) in [5.74, 6) is -1.10. The van der Waals surface area contributed by atoms with E-state index in [1.165, 1.54) is 7.11 Å². The van der Waals surface area contributed by atoms with Gasteiger partial charge >= 0.3 is 5.97 Å². The Labute approximate surface area is 170 Å². The van der Waals surface area contributed by atoms with Gasteiger partial charge in [-0.1, -0.05) is 78.9 Å². The fraction of sp³-hybridized carbons (Fsp3) is 0.208. The van der Waals surface area contributed by atoms with Crippen molar-refractivity contribution in [3.05, 3.63) is 102 Å². The van der Waals surface area contributed by atoms with Crippen LogP contribution in [0.3, 0.4) is 0 Å². The smallest absolute Gasteiger partial charge is 0.312 e. The predicted octanol–water partition coefficient (Wildman–Crippen LogP) is 4.91. The molecule has 0 aromatic heterocycles. The van der Waals surface area contributed by atoms with Crippen LogP contribution in [-0.2, 0) is 16.0 Å². The maximum atomic E-state index is 12.8. The fourth-order valence-electron chi connectivity index (χ4n) is 3.24. The number of aliphatic hydroxyl groups excluding tert-OH is 1. The van der Waals surface area contributed by atoms with Crippen LogP contribution in [0.2, 0.25) is 0 Å². The van der Waals surface area contributed by atoms with Gasteiger partial charge in [-0.15, -0.1) is 11.8 Å². The van der Waals surface area contributed by atoms with Crippen molar-refractivity contribution in [2.45, 2.75) is 22.7 Å². The summed E-state index contributed by atoms with van der Waals surface area (Å²) in [5.41, 5.74) is 1.83. The Bertz CT molecular complexity index is 811. The molecular formula is C24H24O3S. The van der Waals surface area contributed by atoms with E-state index in [0.717, 1.165) is 10.5 Å². The lowest BCUT2D eigenvalue weighted by Gasteiger charge is -2.29. The van der Waals surface area contributed by atoms with E-state index in [9.17, 15) is 9.90 Å². The monoisotopic (exact) mass is 392 g/mol. The quantitative estimate of drug-likeness (QED) is 0.437. The Hall–Kier alpha value is -2.56. The first kappa shape index (κ1) is 20.2. The third-order valence-electron chi connectivity index (χ3n) is 4.67. The third kappa shape index (κ3) is 5.24. The molecule has 1 N–H and O–H groups in total. The molecule has 0 saturated carbocycles. The molecule has 0 aliphatic heterocycles. The lowest BCUT2D eigenvalue weighted by atomic mass is 9.89. The number of benzene rings is 3. The molecular weight excluding hydrogens is 368 g/mol. The Balaban J connectivity index is 1.96. The summed E-state index contributed by atoms with van der Waals surface area (Å²) in [5, 5.41) is 10.9. The molecule has 3 rings (SSSR count). The van der Waals surface area contributed by atoms with Gasteiger partial charge in [0.1, 0.15) is 0 Å². The second-order valence-corrected chi connectivity index (χ2v) is 7.88. The summed E-state index contributed by atoms with van der Waals surface area (Å²) >= 11 is 1.60. The molecule has 3 aromatic rings. The lowest BCUT2D eigenvalue weighted by Crippen LogP contribution is -2.34. The molecule has 4 heteroatoms. The lowest BCUT2D eigenvalue weighted by molar-refractivity contribution is -0.149. The van der Waals surface area contributed by atoms with E-state index in [1.807, 2.05) is 91.0 Å². The van der Waals surface area contributed by atoms with Crippen molar-refractivity contribution >= 4 is 17.7 Å². The molecule has 28 heavy (non-hydrogen) atoms. The zero-order valence-corrected chi connectivity index (χ0v) is 16.6. The normalized spacial score (nSPS) is 14.1. The van der Waals surface area contributed by atoms with Crippen LogP contribution in [0.25, 0.3) is 0 Å². The van der Waals surface area contributed by atoms with Crippen molar-refractivity contribution in [2.75, 3.05) is 7.11 Å². The Morgan fingerprint density at radius 2 is 1.43 bits per heavy atom. The van der Waals surface area contributed by atoms with Crippen LogP contribution in [0.15, 0.2) is 95.9 Å². The van der Waals surface area contributed by atoms with Crippen LogP contribution in [0.5, 0.6) is 0 Å². The Morgan fingerprint density at radius 1 is 0.893 bits per heavy atom. The number of hydrogen-bond donors (Lipinski definition) is 1. The number of hydrogen-bond acceptors (Lipinski definition) is 4. The topological polar surface area (TPSA) is 46.5 Å². The number of methoxy groups -OCH3 is 1. The molecule has 0 amide bonds. The standard InChI is InChI=1S/C24H24O3S/c1-27-24(26)22(23(25)19-13-7-3-8-14-19)21(17-18-11-5-2-6-12-18)28-20-15-9-4-10-16-20/h2-16,21-23,25H,17H2,1H3/t21-,22+,23?/m1/s1. The number of thioether (sulfide) groups is 1. The molecule has 0 bridgehead atoms. The van der Waals surface area contributed by atoms with Crippen LogP contribution < -0.4 is 0 Å². The van der Waals surface area contributed by atoms with Gasteiger partial charge in [0.2, 0.25) is 0 Å². The van der Waals surface area contributed by atoms with Crippen LogP contribution >= 0.6 is 11.8 Å². The molecule has 0 aliphatic carbocycles. The van der Waals surface area contributed by atoms with E-state index in [1.54, 1.807) is 11.8 Å². The summed E-state index contributed by atoms with van der Waals surface area (Å²) < 4.78 is 5.10. The third-order valence-corrected chi connectivity index (χ3v) is 5.97. The van der Waals surface area contributed by atoms with Gasteiger partial charge in [-0.25, -0.2) is 0 Å². The zero-order valence-electron chi connectivity index (χ0n) is 15.8. The molecule has 3 atom stereocenters. The minimum atomic E-state index is -0.946. The van der Waals surface area contributed by atoms with Crippen molar-refractivity contribution in [1.82, 2.24) is 0 Å². The van der Waals surface area contributed by atoms with E-state index < -0.39 is 18.0 Å². The van der Waals surface area contributed by atoms with Crippen molar-refractivity contribution in [3.8, 4) is 0 Å². The number of rotatable bonds is 8. The second kappa shape index (κ2) is 10.1. The summed E-state index contributed by atoms with van der Waals surface area (Å²) in [4.78, 5) is 13.8. The fourth-order valence-corrected chi connectivity index (χ4v) is 4.59. The van der Waals surface area contributed by atoms with E-state index in [2.05, 4.69) is 0 Å². The van der Waals surface area contributed by atoms with Crippen LogP contribution in [0.4, 0.5) is 0 Å². The van der Waals surface area contributed by atoms with Crippen molar-refractivity contribution < 1.29 is 14.6 Å². The van der Waals surface area contributed by atoms with Crippen molar-refractivity contribution in [3.63, 3.8) is 0 Å². The summed E-state index contributed by atoms with van der Waals surface area (Å²) in [6.45, 7) is 0. The van der Waals surface area contributed by atoms with Crippen LogP contribution in [-0.4, -0.2) is 23.4 Å². The molecule has 0 saturated heterocycles. The van der Waals surface area contributed by atoms with E-state index in [4.69, 9.17) is 4.74 Å². The summed E-state index contributed by atoms with van der Waals surface area (Å²) in [6, 6.07) is 29.3. The molecule has 3 aromatic carbocycles. The van der Waals surface area contributed by atoms with E-state index in [-0.39, 0.29) is 5.25 Å². The minimum Gasteiger partial charge on any atom is -0.469 e. The average molecular weight is 393 g/mol. The van der Waals surface area contributed by atoms with Gasteiger partial charge in [0.05, 0.1) is 19.1 Å². The maximum Gasteiger partial charge on any atom is 0.312 e. The summed E-state index contributed by atoms with van der Waals surface area (Å²) in [6.07, 6.45) is -0.303. The van der Waals surface area contributed by atoms with Crippen LogP contribution in [0, 0.1) is 5.92 Å². The van der Waals surface area contributed by atoms with Gasteiger partial charge < -0.3 is 9.84 Å². The first-order chi connectivity index (χ1) is 13.7. The molecule has 3 nitrogen and oxygen atoms in total. The molecule has 0 fully saturated rings. The van der Waals surface area contributed by atoms with Gasteiger partial charge in [-0.2, -0.15) is 0 Å². The molecule has 144 valence electrons. The predicted molar refractivity (Wildman–Crippen MR) is 113 cm³/mol. The second-order valence-electron chi connectivity index (χ2n) is 6.56. The highest BCUT2D eigenvalue weighted by molar-refractivity contribution is 8.00. The number of ether oxygens (including phenoxy) is 1. The number of carbonyl (C=O) groups is 1. The van der Waals surface area contributed by atoms with Crippen molar-refractivity contribution in [1.29, 1.82) is 0 Å². The van der Waals surface area contributed by atoms with Gasteiger partial charge in [-0.3, -0.25) is 4.79 Å². The molecule has 0 heterocycles. The average Bonchev–Trinajstić information content (AvgIpc) is 2.75. The molecule has 0 spiro atoms. The van der Waals surface area contributed by atoms with Gasteiger partial charge in [-0.05, 0) is 29.7 Å². The number of carbonyl (C=O) groups excluding carboxylic acids is 1. The Morgan fingerprint density at radius 3 is 2.00 bits per heavy atom. The first-order valence-electron chi connectivity index (χ1n) is 9.25. The maximum absolute atomic E-state index is 12.8. The zero-order chi connectivity index (χ0) is 19.8. The van der Waals surface area contributed by atoms with Gasteiger partial charge in [0.25, 0.3) is 0 Å². The number of aliphatic hydroxyl groups is 1. The molecule has 1 unspecified atom stereocenters. The van der Waals surface area contributed by atoms with E-state index >= 15 is 0 Å². The highest BCUT2D eigenvalue weighted by Gasteiger charge is 2.37. The largest absolute Gasteiger partial charge is 0.469 e. The molecule has 0 aliphatic rings. The minimum absolute atomic E-state index is 0.188. The highest BCUT2D eigenvalue weighted by Crippen LogP contribution is 2.37. The van der Waals surface area contributed by atoms with Crippen LogP contribution in [0.1, 0.15) is 17.2 Å².